The highest BCUT2D eigenvalue weighted by molar-refractivity contribution is 4.88. The topological polar surface area (TPSA) is 33.3 Å². The predicted molar refractivity (Wildman–Crippen MR) is 52.8 cm³/mol. The lowest BCUT2D eigenvalue weighted by atomic mass is 9.88. The van der Waals surface area contributed by atoms with Crippen molar-refractivity contribution in [3.63, 3.8) is 0 Å². The van der Waals surface area contributed by atoms with E-state index in [1.807, 2.05) is 0 Å². The molecule has 0 aromatic carbocycles. The summed E-state index contributed by atoms with van der Waals surface area (Å²) in [5.74, 6) is 0.881. The van der Waals surface area contributed by atoms with E-state index in [1.165, 1.54) is 32.5 Å². The van der Waals surface area contributed by atoms with Crippen LogP contribution in [0.4, 0.5) is 0 Å². The van der Waals surface area contributed by atoms with Crippen molar-refractivity contribution in [1.29, 1.82) is 0 Å². The zero-order valence-electron chi connectivity index (χ0n) is 8.38. The summed E-state index contributed by atoms with van der Waals surface area (Å²) in [6.07, 6.45) is 2.98. The lowest BCUT2D eigenvalue weighted by Crippen LogP contribution is -2.52. The van der Waals surface area contributed by atoms with Crippen LogP contribution in [0.1, 0.15) is 19.8 Å². The molecule has 2 N–H and O–H groups in total. The van der Waals surface area contributed by atoms with Crippen molar-refractivity contribution in [2.45, 2.75) is 31.9 Å². The fraction of sp³-hybridized carbons (Fsp3) is 1.00. The van der Waals surface area contributed by atoms with Gasteiger partial charge in [-0.1, -0.05) is 0 Å². The van der Waals surface area contributed by atoms with E-state index in [0.717, 1.165) is 18.6 Å². The molecular weight excluding hydrogens is 164 g/mol. The highest BCUT2D eigenvalue weighted by Gasteiger charge is 2.29. The number of hydrogen-bond donors (Lipinski definition) is 2. The SMILES string of the molecule is CCOC1CC(NCC2CNC2)C1. The molecule has 0 unspecified atom stereocenters. The van der Waals surface area contributed by atoms with Crippen LogP contribution in [0.2, 0.25) is 0 Å². The van der Waals surface area contributed by atoms with Gasteiger partial charge in [-0.2, -0.15) is 0 Å². The highest BCUT2D eigenvalue weighted by Crippen LogP contribution is 2.23. The van der Waals surface area contributed by atoms with E-state index in [4.69, 9.17) is 4.74 Å². The maximum atomic E-state index is 5.50. The van der Waals surface area contributed by atoms with Gasteiger partial charge in [0.1, 0.15) is 0 Å². The van der Waals surface area contributed by atoms with Crippen molar-refractivity contribution in [2.75, 3.05) is 26.2 Å². The molecule has 2 aliphatic rings. The second-order valence-electron chi connectivity index (χ2n) is 4.18. The van der Waals surface area contributed by atoms with Crippen LogP contribution in [0.3, 0.4) is 0 Å². The number of rotatable bonds is 5. The van der Waals surface area contributed by atoms with Crippen LogP contribution in [-0.2, 0) is 4.74 Å². The molecule has 0 bridgehead atoms. The van der Waals surface area contributed by atoms with E-state index in [0.29, 0.717) is 6.10 Å². The Morgan fingerprint density at radius 3 is 2.69 bits per heavy atom. The van der Waals surface area contributed by atoms with Gasteiger partial charge in [0, 0.05) is 32.3 Å². The Hall–Kier alpha value is -0.120. The van der Waals surface area contributed by atoms with Gasteiger partial charge in [0.15, 0.2) is 0 Å². The van der Waals surface area contributed by atoms with Gasteiger partial charge < -0.3 is 15.4 Å². The quantitative estimate of drug-likeness (QED) is 0.647. The van der Waals surface area contributed by atoms with Crippen LogP contribution in [0, 0.1) is 5.92 Å². The average Bonchev–Trinajstić information content (AvgIpc) is 1.96. The molecule has 0 aromatic heterocycles. The smallest absolute Gasteiger partial charge is 0.0604 e. The van der Waals surface area contributed by atoms with E-state index in [1.54, 1.807) is 0 Å². The Morgan fingerprint density at radius 2 is 2.15 bits per heavy atom. The van der Waals surface area contributed by atoms with Crippen molar-refractivity contribution in [2.24, 2.45) is 5.92 Å². The molecule has 2 fully saturated rings. The maximum Gasteiger partial charge on any atom is 0.0604 e. The molecule has 0 radical (unpaired) electrons. The summed E-state index contributed by atoms with van der Waals surface area (Å²) in [5, 5.41) is 6.87. The zero-order valence-corrected chi connectivity index (χ0v) is 8.38. The standard InChI is InChI=1S/C10H20N2O/c1-2-13-10-3-9(4-10)12-7-8-5-11-6-8/h8-12H,2-7H2,1H3. The molecule has 1 saturated heterocycles. The van der Waals surface area contributed by atoms with E-state index in [2.05, 4.69) is 17.6 Å². The zero-order chi connectivity index (χ0) is 9.10. The van der Waals surface area contributed by atoms with E-state index < -0.39 is 0 Å². The van der Waals surface area contributed by atoms with Gasteiger partial charge >= 0.3 is 0 Å². The molecule has 1 aliphatic carbocycles. The van der Waals surface area contributed by atoms with Gasteiger partial charge in [0.25, 0.3) is 0 Å². The van der Waals surface area contributed by atoms with Gasteiger partial charge in [-0.05, 0) is 25.7 Å². The van der Waals surface area contributed by atoms with Crippen LogP contribution in [-0.4, -0.2) is 38.4 Å². The molecule has 3 nitrogen and oxygen atoms in total. The van der Waals surface area contributed by atoms with Crippen molar-refractivity contribution in [3.8, 4) is 0 Å². The Morgan fingerprint density at radius 1 is 1.38 bits per heavy atom. The third kappa shape index (κ3) is 2.42. The Bertz CT molecular complexity index is 153. The molecule has 0 aromatic rings. The molecule has 0 atom stereocenters. The van der Waals surface area contributed by atoms with E-state index >= 15 is 0 Å². The van der Waals surface area contributed by atoms with Gasteiger partial charge in [-0.3, -0.25) is 0 Å². The van der Waals surface area contributed by atoms with E-state index in [9.17, 15) is 0 Å². The first-order valence-electron chi connectivity index (χ1n) is 5.44. The molecule has 0 spiro atoms. The number of nitrogens with one attached hydrogen (secondary N) is 2. The van der Waals surface area contributed by atoms with Crippen LogP contribution in [0.5, 0.6) is 0 Å². The second-order valence-corrected chi connectivity index (χ2v) is 4.18. The molecule has 1 heterocycles. The number of hydrogen-bond acceptors (Lipinski definition) is 3. The average molecular weight is 184 g/mol. The first kappa shape index (κ1) is 9.44. The minimum atomic E-state index is 0.544. The maximum absolute atomic E-state index is 5.50. The molecule has 1 saturated carbocycles. The summed E-state index contributed by atoms with van der Waals surface area (Å²) >= 11 is 0. The molecule has 3 heteroatoms. The lowest BCUT2D eigenvalue weighted by Gasteiger charge is -2.37. The van der Waals surface area contributed by atoms with Crippen LogP contribution < -0.4 is 10.6 Å². The van der Waals surface area contributed by atoms with Gasteiger partial charge in [-0.15, -0.1) is 0 Å². The minimum absolute atomic E-state index is 0.544. The van der Waals surface area contributed by atoms with E-state index in [-0.39, 0.29) is 0 Å². The van der Waals surface area contributed by atoms with Crippen molar-refractivity contribution < 1.29 is 4.74 Å². The third-order valence-electron chi connectivity index (χ3n) is 3.06. The van der Waals surface area contributed by atoms with Crippen LogP contribution in [0.15, 0.2) is 0 Å². The molecule has 0 amide bonds. The largest absolute Gasteiger partial charge is 0.378 e. The highest BCUT2D eigenvalue weighted by atomic mass is 16.5. The molecule has 2 rings (SSSR count). The Kier molecular flexibility index (Phi) is 3.19. The Labute approximate surface area is 80.2 Å². The summed E-state index contributed by atoms with van der Waals surface area (Å²) in [5.41, 5.74) is 0. The second kappa shape index (κ2) is 4.40. The normalized spacial score (nSPS) is 33.9. The van der Waals surface area contributed by atoms with Gasteiger partial charge in [0.05, 0.1) is 6.10 Å². The van der Waals surface area contributed by atoms with Crippen molar-refractivity contribution in [1.82, 2.24) is 10.6 Å². The summed E-state index contributed by atoms with van der Waals surface area (Å²) in [6.45, 7) is 6.53. The van der Waals surface area contributed by atoms with Crippen LogP contribution in [0.25, 0.3) is 0 Å². The van der Waals surface area contributed by atoms with Crippen molar-refractivity contribution >= 4 is 0 Å². The molecule has 1 aliphatic heterocycles. The summed E-state index contributed by atoms with van der Waals surface area (Å²) < 4.78 is 5.50. The first-order chi connectivity index (χ1) is 6.38. The summed E-state index contributed by atoms with van der Waals surface area (Å²) in [7, 11) is 0. The van der Waals surface area contributed by atoms with Crippen molar-refractivity contribution in [3.05, 3.63) is 0 Å². The van der Waals surface area contributed by atoms with Gasteiger partial charge in [-0.25, -0.2) is 0 Å². The predicted octanol–water partition coefficient (Wildman–Crippen LogP) is 0.363. The fourth-order valence-corrected chi connectivity index (χ4v) is 1.93. The summed E-state index contributed by atoms with van der Waals surface area (Å²) in [6, 6.07) is 0.733. The first-order valence-corrected chi connectivity index (χ1v) is 5.44. The molecule has 13 heavy (non-hydrogen) atoms. The lowest BCUT2D eigenvalue weighted by molar-refractivity contribution is -0.0110. The van der Waals surface area contributed by atoms with Crippen LogP contribution >= 0.6 is 0 Å². The summed E-state index contributed by atoms with van der Waals surface area (Å²) in [4.78, 5) is 0. The fourth-order valence-electron chi connectivity index (χ4n) is 1.93. The molecule has 76 valence electrons. The monoisotopic (exact) mass is 184 g/mol. The van der Waals surface area contributed by atoms with Gasteiger partial charge in [0.2, 0.25) is 0 Å². The number of ether oxygens (including phenoxy) is 1. The Balaban J connectivity index is 1.49. The third-order valence-corrected chi connectivity index (χ3v) is 3.06. The minimum Gasteiger partial charge on any atom is -0.378 e. The molecular formula is C10H20N2O.